The first-order valence-corrected chi connectivity index (χ1v) is 29.6. The van der Waals surface area contributed by atoms with Gasteiger partial charge in [-0.2, -0.15) is 21.6 Å². The Balaban J connectivity index is 0.000000332. The molecule has 0 aromatic heterocycles. The first kappa shape index (κ1) is 50.9. The zero-order chi connectivity index (χ0) is 45.4. The highest BCUT2D eigenvalue weighted by molar-refractivity contribution is 7.88. The molecule has 0 fully saturated rings. The zero-order valence-corrected chi connectivity index (χ0v) is 40.8. The summed E-state index contributed by atoms with van der Waals surface area (Å²) in [6.45, 7) is 30.3. The summed E-state index contributed by atoms with van der Waals surface area (Å²) in [6.07, 6.45) is 16.6. The van der Waals surface area contributed by atoms with Crippen molar-refractivity contribution in [3.8, 4) is 28.7 Å². The predicted molar refractivity (Wildman–Crippen MR) is 245 cm³/mol. The fourth-order valence-corrected chi connectivity index (χ4v) is 10.1. The van der Waals surface area contributed by atoms with Crippen LogP contribution in [0, 0.1) is 11.8 Å². The van der Waals surface area contributed by atoms with E-state index in [1.54, 1.807) is 0 Å². The summed E-state index contributed by atoms with van der Waals surface area (Å²) >= 11 is 0. The van der Waals surface area contributed by atoms with Crippen LogP contribution in [0.2, 0.25) is 39.3 Å². The van der Waals surface area contributed by atoms with Gasteiger partial charge in [-0.25, -0.2) is 0 Å². The second-order valence-electron chi connectivity index (χ2n) is 18.9. The minimum absolute atomic E-state index is 0.0179. The summed E-state index contributed by atoms with van der Waals surface area (Å²) in [7, 11) is -10.4. The summed E-state index contributed by atoms with van der Waals surface area (Å²) in [6, 6.07) is 6.19. The standard InChI is InChI=1S/C24H36O2.C23H35F3O5SSi2/c1-5-6-7-8-9-10-11-19-15-22(25)24(23(26)16-19)21-14-18(4)12-13-20(21)17(2)3;1-15(2)18-11-10-16(3)12-19(18)22-20(30-33(4,5)6)13-17(14-21(22)31-34(7,8)9)29-32(27,28)23(24,25)26/h14-16,20-21,25-26H,2,5-13H2,1,3-4H3;12-14,18-19H,1,10-11H2,2-9H3/t20-,21+;18-,19+/m00/s1. The van der Waals surface area contributed by atoms with Gasteiger partial charge in [0, 0.05) is 35.1 Å². The van der Waals surface area contributed by atoms with Crippen molar-refractivity contribution in [2.75, 3.05) is 0 Å². The maximum atomic E-state index is 13.0. The highest BCUT2D eigenvalue weighted by atomic mass is 32.2. The quantitative estimate of drug-likeness (QED) is 0.0536. The third-order valence-corrected chi connectivity index (χ3v) is 13.5. The largest absolute Gasteiger partial charge is 0.544 e. The molecule has 2 aliphatic carbocycles. The van der Waals surface area contributed by atoms with Gasteiger partial charge in [0.05, 0.1) is 0 Å². The van der Waals surface area contributed by atoms with E-state index < -0.39 is 38.0 Å². The molecule has 0 unspecified atom stereocenters. The predicted octanol–water partition coefficient (Wildman–Crippen LogP) is 14.4. The number of hydrogen-bond acceptors (Lipinski definition) is 7. The monoisotopic (exact) mass is 892 g/mol. The molecule has 2 aliphatic rings. The average molecular weight is 893 g/mol. The van der Waals surface area contributed by atoms with Crippen LogP contribution in [-0.2, 0) is 16.5 Å². The van der Waals surface area contributed by atoms with Crippen molar-refractivity contribution in [1.29, 1.82) is 0 Å². The average Bonchev–Trinajstić information content (AvgIpc) is 3.07. The van der Waals surface area contributed by atoms with Crippen LogP contribution in [0.25, 0.3) is 0 Å². The Labute approximate surface area is 361 Å². The van der Waals surface area contributed by atoms with Crippen molar-refractivity contribution in [3.63, 3.8) is 0 Å². The highest BCUT2D eigenvalue weighted by Gasteiger charge is 2.49. The Morgan fingerprint density at radius 1 is 0.733 bits per heavy atom. The number of aromatic hydroxyl groups is 2. The lowest BCUT2D eigenvalue weighted by Crippen LogP contribution is -2.33. The molecule has 0 radical (unpaired) electrons. The molecule has 0 saturated carbocycles. The zero-order valence-electron chi connectivity index (χ0n) is 37.9. The Kier molecular flexibility index (Phi) is 17.9. The van der Waals surface area contributed by atoms with Crippen molar-refractivity contribution in [3.05, 3.63) is 88.6 Å². The van der Waals surface area contributed by atoms with Crippen LogP contribution in [0.15, 0.2) is 71.9 Å². The minimum atomic E-state index is -5.86. The molecule has 2 aromatic carbocycles. The summed E-state index contributed by atoms with van der Waals surface area (Å²) in [4.78, 5) is 0. The smallest absolute Gasteiger partial charge is 0.534 e. The van der Waals surface area contributed by atoms with E-state index in [1.807, 2.05) is 72.2 Å². The van der Waals surface area contributed by atoms with Crippen LogP contribution in [0.3, 0.4) is 0 Å². The summed E-state index contributed by atoms with van der Waals surface area (Å²) in [5.41, 5.74) is 1.43. The molecule has 0 spiro atoms. The highest BCUT2D eigenvalue weighted by Crippen LogP contribution is 2.50. The van der Waals surface area contributed by atoms with Crippen molar-refractivity contribution in [1.82, 2.24) is 0 Å². The van der Waals surface area contributed by atoms with Crippen molar-refractivity contribution >= 4 is 26.8 Å². The number of allylic oxidation sites excluding steroid dienone is 6. The number of phenols is 2. The molecule has 0 aliphatic heterocycles. The van der Waals surface area contributed by atoms with Crippen LogP contribution in [-0.4, -0.2) is 40.8 Å². The van der Waals surface area contributed by atoms with E-state index in [0.29, 0.717) is 11.1 Å². The van der Waals surface area contributed by atoms with Crippen LogP contribution in [0.4, 0.5) is 13.2 Å². The first-order valence-electron chi connectivity index (χ1n) is 21.4. The van der Waals surface area contributed by atoms with Gasteiger partial charge in [-0.1, -0.05) is 86.6 Å². The van der Waals surface area contributed by atoms with Gasteiger partial charge in [-0.15, -0.1) is 0 Å². The Hall–Kier alpha value is -3.43. The Bertz CT molecular complexity index is 1930. The van der Waals surface area contributed by atoms with E-state index in [-0.39, 0.29) is 46.7 Å². The van der Waals surface area contributed by atoms with E-state index in [2.05, 4.69) is 43.3 Å². The van der Waals surface area contributed by atoms with Crippen LogP contribution in [0.5, 0.6) is 28.7 Å². The third kappa shape index (κ3) is 14.9. The number of halogens is 3. The number of aryl methyl sites for hydroxylation is 1. The number of benzene rings is 2. The van der Waals surface area contributed by atoms with E-state index in [0.717, 1.165) is 55.2 Å². The Morgan fingerprint density at radius 3 is 1.55 bits per heavy atom. The van der Waals surface area contributed by atoms with Gasteiger partial charge in [0.15, 0.2) is 0 Å². The second-order valence-corrected chi connectivity index (χ2v) is 29.3. The van der Waals surface area contributed by atoms with Gasteiger partial charge in [0.1, 0.15) is 28.7 Å². The number of unbranched alkanes of at least 4 members (excludes halogenated alkanes) is 5. The first-order chi connectivity index (χ1) is 27.6. The van der Waals surface area contributed by atoms with E-state index in [9.17, 15) is 31.8 Å². The molecule has 0 saturated heterocycles. The van der Waals surface area contributed by atoms with Crippen LogP contribution in [0.1, 0.15) is 127 Å². The number of hydrogen-bond donors (Lipinski definition) is 2. The van der Waals surface area contributed by atoms with Crippen molar-refractivity contribution in [2.45, 2.75) is 162 Å². The van der Waals surface area contributed by atoms with Gasteiger partial charge in [0.2, 0.25) is 16.6 Å². The Morgan fingerprint density at radius 2 is 1.15 bits per heavy atom. The molecule has 2 aromatic rings. The molecular formula is C47H71F3O7SSi2. The lowest BCUT2D eigenvalue weighted by molar-refractivity contribution is -0.0500. The minimum Gasteiger partial charge on any atom is -0.544 e. The maximum Gasteiger partial charge on any atom is 0.534 e. The number of rotatable bonds is 17. The molecule has 2 N–H and O–H groups in total. The normalized spacial score (nSPS) is 20.0. The van der Waals surface area contributed by atoms with Crippen molar-refractivity contribution < 1.29 is 44.8 Å². The molecule has 0 heterocycles. The van der Waals surface area contributed by atoms with Crippen LogP contribution < -0.4 is 13.0 Å². The molecule has 0 bridgehead atoms. The number of phenolic OH excluding ortho intramolecular Hbond substituents is 2. The molecule has 336 valence electrons. The number of alkyl halides is 3. The fraction of sp³-hybridized carbons (Fsp3) is 0.574. The van der Waals surface area contributed by atoms with E-state index >= 15 is 0 Å². The van der Waals surface area contributed by atoms with Gasteiger partial charge >= 0.3 is 15.6 Å². The lowest BCUT2D eigenvalue weighted by Gasteiger charge is -2.35. The van der Waals surface area contributed by atoms with E-state index in [4.69, 9.17) is 8.85 Å². The molecule has 13 heteroatoms. The lowest BCUT2D eigenvalue weighted by atomic mass is 9.73. The third-order valence-electron chi connectivity index (χ3n) is 10.8. The van der Waals surface area contributed by atoms with Gasteiger partial charge in [-0.3, -0.25) is 0 Å². The van der Waals surface area contributed by atoms with Crippen LogP contribution >= 0.6 is 0 Å². The topological polar surface area (TPSA) is 102 Å². The molecule has 7 nitrogen and oxygen atoms in total. The van der Waals surface area contributed by atoms with Gasteiger partial charge in [-0.05, 0) is 135 Å². The summed E-state index contributed by atoms with van der Waals surface area (Å²) < 4.78 is 79.7. The van der Waals surface area contributed by atoms with E-state index in [1.165, 1.54) is 55.4 Å². The molecule has 60 heavy (non-hydrogen) atoms. The molecule has 4 atom stereocenters. The van der Waals surface area contributed by atoms with Crippen molar-refractivity contribution in [2.24, 2.45) is 11.8 Å². The van der Waals surface area contributed by atoms with Gasteiger partial charge in [0.25, 0.3) is 0 Å². The summed E-state index contributed by atoms with van der Waals surface area (Å²) in [5, 5.41) is 21.3. The molecule has 4 rings (SSSR count). The second kappa shape index (κ2) is 21.1. The molecular weight excluding hydrogens is 822 g/mol. The summed E-state index contributed by atoms with van der Waals surface area (Å²) in [5.74, 6) is 0.713. The maximum absolute atomic E-state index is 13.0. The SMILES string of the molecule is C=C(C)[C@@H]1CCC(C)=C[C@H]1c1c(O)cc(CCCCCCCC)cc1O.C=C(C)[C@@H]1CCC(C)=C[C@H]1c1c(O[Si](C)(C)C)cc(OS(=O)(=O)C(F)(F)F)cc1O[Si](C)(C)C. The molecule has 0 amide bonds. The fourth-order valence-electron chi connectivity index (χ4n) is 8.04. The van der Waals surface area contributed by atoms with Gasteiger partial charge < -0.3 is 23.2 Å².